The molecule has 4 aromatic heterocycles. The highest BCUT2D eigenvalue weighted by Gasteiger charge is 2.22. The predicted octanol–water partition coefficient (Wildman–Crippen LogP) is 21.9. The Morgan fingerprint density at radius 2 is 0.954 bits per heavy atom. The molecule has 0 saturated carbocycles. The van der Waals surface area contributed by atoms with E-state index in [4.69, 9.17) is 8.75 Å². The molecule has 4 heterocycles. The molecule has 0 aliphatic heterocycles. The average Bonchev–Trinajstić information content (AvgIpc) is 4.14. The minimum atomic E-state index is 0.283. The fourth-order valence-corrected chi connectivity index (χ4v) is 14.1. The number of halogens is 2. The molecule has 0 atom stereocenters. The number of aromatic nitrogens is 2. The molecular formula is C56H80Br2N2OS4. The van der Waals surface area contributed by atoms with E-state index in [0.29, 0.717) is 6.42 Å². The van der Waals surface area contributed by atoms with Gasteiger partial charge < -0.3 is 0 Å². The second-order valence-electron chi connectivity index (χ2n) is 18.6. The Balaban J connectivity index is 1.29. The topological polar surface area (TPSA) is 42.9 Å². The second kappa shape index (κ2) is 32.3. The minimum absolute atomic E-state index is 0.283. The first kappa shape index (κ1) is 54.5. The van der Waals surface area contributed by atoms with Crippen LogP contribution in [0.1, 0.15) is 245 Å². The number of hydrogen-bond donors (Lipinski definition) is 0. The van der Waals surface area contributed by atoms with Crippen molar-refractivity contribution in [1.29, 1.82) is 0 Å². The van der Waals surface area contributed by atoms with E-state index in [9.17, 15) is 4.79 Å². The van der Waals surface area contributed by atoms with Crippen LogP contribution in [-0.4, -0.2) is 14.5 Å². The fourth-order valence-electron chi connectivity index (χ4n) is 9.04. The van der Waals surface area contributed by atoms with E-state index in [0.717, 1.165) is 63.2 Å². The zero-order valence-corrected chi connectivity index (χ0v) is 46.8. The molecule has 5 rings (SSSR count). The highest BCUT2D eigenvalue weighted by Crippen LogP contribution is 2.46. The molecule has 9 heteroatoms. The highest BCUT2D eigenvalue weighted by molar-refractivity contribution is 9.11. The largest absolute Gasteiger partial charge is 0.293 e. The van der Waals surface area contributed by atoms with Crippen molar-refractivity contribution in [3.8, 4) is 20.9 Å². The number of benzene rings is 1. The molecule has 5 aromatic rings. The van der Waals surface area contributed by atoms with Gasteiger partial charge in [0.25, 0.3) is 0 Å². The maximum atomic E-state index is 13.3. The van der Waals surface area contributed by atoms with Crippen LogP contribution >= 0.6 is 77.6 Å². The molecule has 1 aromatic carbocycles. The molecule has 0 amide bonds. The normalized spacial score (nSPS) is 11.9. The SMILES string of the molecule is CCCCCCCCCCCCc1cc(-c2cc(/C=C/c3ccc(C(=O)CCCCCCCCCCC)s3)c(-c3cc(CCCCCCCCCCCC)c(Br)s3)c3nsnc23)sc1Br. The van der Waals surface area contributed by atoms with Crippen molar-refractivity contribution in [2.75, 3.05) is 0 Å². The van der Waals surface area contributed by atoms with Gasteiger partial charge in [-0.25, -0.2) is 0 Å². The maximum Gasteiger partial charge on any atom is 0.172 e. The Kier molecular flexibility index (Phi) is 27.1. The Bertz CT molecular complexity index is 2110. The van der Waals surface area contributed by atoms with Gasteiger partial charge in [0.1, 0.15) is 11.0 Å². The van der Waals surface area contributed by atoms with E-state index >= 15 is 0 Å². The summed E-state index contributed by atoms with van der Waals surface area (Å²) >= 11 is 14.6. The molecule has 65 heavy (non-hydrogen) atoms. The van der Waals surface area contributed by atoms with Crippen LogP contribution in [0.2, 0.25) is 0 Å². The summed E-state index contributed by atoms with van der Waals surface area (Å²) in [6, 6.07) is 11.3. The van der Waals surface area contributed by atoms with Gasteiger partial charge in [-0.05, 0) is 117 Å². The van der Waals surface area contributed by atoms with Crippen molar-refractivity contribution in [2.24, 2.45) is 0 Å². The Labute approximate surface area is 428 Å². The van der Waals surface area contributed by atoms with Crippen LogP contribution in [0.3, 0.4) is 0 Å². The number of carbonyl (C=O) groups is 1. The number of Topliss-reactive ketones (excluding diaryl/α,β-unsaturated/α-hetero) is 1. The van der Waals surface area contributed by atoms with Crippen molar-refractivity contribution in [3.63, 3.8) is 0 Å². The Morgan fingerprint density at radius 3 is 1.48 bits per heavy atom. The molecule has 0 aliphatic carbocycles. The summed E-state index contributed by atoms with van der Waals surface area (Å²) in [5, 5.41) is 0. The van der Waals surface area contributed by atoms with Crippen LogP contribution in [0.15, 0.2) is 37.9 Å². The van der Waals surface area contributed by atoms with Gasteiger partial charge in [-0.15, -0.1) is 34.0 Å². The van der Waals surface area contributed by atoms with E-state index in [1.807, 2.05) is 28.7 Å². The fraction of sp³-hybridized carbons (Fsp3) is 0.625. The van der Waals surface area contributed by atoms with E-state index < -0.39 is 0 Å². The lowest BCUT2D eigenvalue weighted by atomic mass is 9.97. The number of hydrogen-bond acceptors (Lipinski definition) is 7. The van der Waals surface area contributed by atoms with Crippen LogP contribution in [0.4, 0.5) is 0 Å². The van der Waals surface area contributed by atoms with E-state index in [-0.39, 0.29) is 5.78 Å². The molecule has 3 nitrogen and oxygen atoms in total. The summed E-state index contributed by atoms with van der Waals surface area (Å²) in [4.78, 5) is 17.7. The van der Waals surface area contributed by atoms with Crippen molar-refractivity contribution in [1.82, 2.24) is 8.75 Å². The number of nitrogens with zero attached hydrogens (tertiary/aromatic N) is 2. The average molecular weight is 1090 g/mol. The van der Waals surface area contributed by atoms with Gasteiger partial charge in [-0.3, -0.25) is 4.79 Å². The molecule has 0 spiro atoms. The molecule has 0 saturated heterocycles. The molecule has 0 bridgehead atoms. The van der Waals surface area contributed by atoms with Gasteiger partial charge in [-0.1, -0.05) is 194 Å². The van der Waals surface area contributed by atoms with Gasteiger partial charge in [0.15, 0.2) is 5.78 Å². The molecule has 0 N–H and O–H groups in total. The first-order chi connectivity index (χ1) is 31.9. The van der Waals surface area contributed by atoms with Gasteiger partial charge in [0.05, 0.1) is 24.2 Å². The summed E-state index contributed by atoms with van der Waals surface area (Å²) in [6.45, 7) is 6.86. The van der Waals surface area contributed by atoms with E-state index in [2.05, 4.69) is 89.0 Å². The molecular weight excluding hydrogens is 1000 g/mol. The van der Waals surface area contributed by atoms with E-state index in [1.54, 1.807) is 11.3 Å². The monoisotopic (exact) mass is 1080 g/mol. The standard InChI is InChI=1S/C56H80Br2N2OS4/c1-4-7-10-13-16-19-22-24-27-30-33-44-41-50(63-55(44)57)47-40-43(36-37-46-38-39-49(62-46)48(61)35-32-29-26-21-18-15-12-9-6-3)52(54-53(47)59-65-60-54)51-42-45(56(58)64-51)34-31-28-25-23-20-17-14-11-8-5-2/h36-42H,4-35H2,1-3H3/b37-36+. The third kappa shape index (κ3) is 19.1. The molecule has 0 radical (unpaired) electrons. The van der Waals surface area contributed by atoms with Crippen molar-refractivity contribution >= 4 is 107 Å². The van der Waals surface area contributed by atoms with Gasteiger partial charge in [-0.2, -0.15) is 8.75 Å². The lowest BCUT2D eigenvalue weighted by molar-refractivity contribution is 0.0983. The van der Waals surface area contributed by atoms with Crippen molar-refractivity contribution in [3.05, 3.63) is 64.3 Å². The van der Waals surface area contributed by atoms with Crippen LogP contribution in [0, 0.1) is 0 Å². The highest BCUT2D eigenvalue weighted by atomic mass is 79.9. The zero-order valence-electron chi connectivity index (χ0n) is 40.4. The molecule has 0 unspecified atom stereocenters. The van der Waals surface area contributed by atoms with Crippen molar-refractivity contribution < 1.29 is 4.79 Å². The number of ketones is 1. The predicted molar refractivity (Wildman–Crippen MR) is 300 cm³/mol. The summed E-state index contributed by atoms with van der Waals surface area (Å²) in [5.41, 5.74) is 8.23. The minimum Gasteiger partial charge on any atom is -0.293 e. The van der Waals surface area contributed by atoms with E-state index in [1.165, 1.54) is 214 Å². The summed E-state index contributed by atoms with van der Waals surface area (Å²) in [5.74, 6) is 0.283. The van der Waals surface area contributed by atoms with Crippen LogP contribution < -0.4 is 0 Å². The first-order valence-corrected chi connectivity index (χ1v) is 30.9. The summed E-state index contributed by atoms with van der Waals surface area (Å²) in [7, 11) is 0. The van der Waals surface area contributed by atoms with Crippen molar-refractivity contribution in [2.45, 2.75) is 226 Å². The van der Waals surface area contributed by atoms with Gasteiger partial charge in [0.2, 0.25) is 0 Å². The number of unbranched alkanes of at least 4 members (excludes halogenated alkanes) is 26. The second-order valence-corrected chi connectivity index (χ2v) is 25.0. The van der Waals surface area contributed by atoms with Crippen LogP contribution in [0.5, 0.6) is 0 Å². The third-order valence-electron chi connectivity index (χ3n) is 13.0. The quantitative estimate of drug-likeness (QED) is 0.0294. The zero-order chi connectivity index (χ0) is 45.9. The molecule has 0 fully saturated rings. The number of rotatable bonds is 37. The van der Waals surface area contributed by atoms with Gasteiger partial charge in [0, 0.05) is 32.2 Å². The summed E-state index contributed by atoms with van der Waals surface area (Å²) in [6.07, 6.45) is 45.7. The summed E-state index contributed by atoms with van der Waals surface area (Å²) < 4.78 is 12.5. The lowest BCUT2D eigenvalue weighted by Crippen LogP contribution is -1.95. The molecule has 358 valence electrons. The number of aryl methyl sites for hydroxylation is 2. The number of fused-ring (bicyclic) bond motifs is 1. The first-order valence-electron chi connectivity index (χ1n) is 26.1. The van der Waals surface area contributed by atoms with Crippen LogP contribution in [-0.2, 0) is 12.8 Å². The number of thiophene rings is 3. The number of carbonyl (C=O) groups excluding carboxylic acids is 1. The molecule has 0 aliphatic rings. The Hall–Kier alpha value is -1.49. The third-order valence-corrected chi connectivity index (χ3v) is 18.6. The smallest absolute Gasteiger partial charge is 0.172 e. The lowest BCUT2D eigenvalue weighted by Gasteiger charge is -2.09. The Morgan fingerprint density at radius 1 is 0.508 bits per heavy atom. The van der Waals surface area contributed by atoms with Gasteiger partial charge >= 0.3 is 0 Å². The van der Waals surface area contributed by atoms with Crippen LogP contribution in [0.25, 0.3) is 44.1 Å². The maximum absolute atomic E-state index is 13.3.